The van der Waals surface area contributed by atoms with Crippen molar-refractivity contribution in [3.05, 3.63) is 28.5 Å². The second-order valence-corrected chi connectivity index (χ2v) is 3.93. The Morgan fingerprint density at radius 1 is 1.54 bits per heavy atom. The molecule has 2 aromatic rings. The third-order valence-electron chi connectivity index (χ3n) is 1.74. The number of hydrogen-bond donors (Lipinski definition) is 0. The standard InChI is InChI=1S/C9H6FNOS/c1-5-11-8-2-6(4-12)7(10)3-9(8)13-5/h2-4H,1H3. The van der Waals surface area contributed by atoms with Gasteiger partial charge in [0.25, 0.3) is 0 Å². The fraction of sp³-hybridized carbons (Fsp3) is 0.111. The normalized spacial score (nSPS) is 10.6. The number of aryl methyl sites for hydroxylation is 1. The van der Waals surface area contributed by atoms with E-state index in [1.54, 1.807) is 0 Å². The van der Waals surface area contributed by atoms with Crippen LogP contribution in [-0.2, 0) is 0 Å². The molecular weight excluding hydrogens is 189 g/mol. The Balaban J connectivity index is 2.79. The number of fused-ring (bicyclic) bond motifs is 1. The van der Waals surface area contributed by atoms with Gasteiger partial charge in [0.2, 0.25) is 0 Å². The van der Waals surface area contributed by atoms with Gasteiger partial charge in [-0.2, -0.15) is 0 Å². The van der Waals surface area contributed by atoms with E-state index in [1.165, 1.54) is 23.5 Å². The smallest absolute Gasteiger partial charge is 0.153 e. The summed E-state index contributed by atoms with van der Waals surface area (Å²) in [5.74, 6) is -0.480. The van der Waals surface area contributed by atoms with Gasteiger partial charge >= 0.3 is 0 Å². The van der Waals surface area contributed by atoms with E-state index < -0.39 is 5.82 Å². The highest BCUT2D eigenvalue weighted by Crippen LogP contribution is 2.23. The Kier molecular flexibility index (Phi) is 1.84. The molecule has 0 radical (unpaired) electrons. The van der Waals surface area contributed by atoms with Crippen molar-refractivity contribution in [3.63, 3.8) is 0 Å². The van der Waals surface area contributed by atoms with E-state index >= 15 is 0 Å². The molecule has 4 heteroatoms. The molecule has 1 aromatic heterocycles. The fourth-order valence-corrected chi connectivity index (χ4v) is 2.00. The molecule has 0 fully saturated rings. The molecule has 0 saturated carbocycles. The van der Waals surface area contributed by atoms with Gasteiger partial charge in [0, 0.05) is 0 Å². The van der Waals surface area contributed by atoms with Gasteiger partial charge in [0.15, 0.2) is 6.29 Å². The largest absolute Gasteiger partial charge is 0.298 e. The zero-order chi connectivity index (χ0) is 9.42. The van der Waals surface area contributed by atoms with Gasteiger partial charge in [0.1, 0.15) is 5.82 Å². The molecule has 66 valence electrons. The van der Waals surface area contributed by atoms with E-state index in [-0.39, 0.29) is 5.56 Å². The van der Waals surface area contributed by atoms with Crippen LogP contribution < -0.4 is 0 Å². The van der Waals surface area contributed by atoms with Crippen LogP contribution in [0.25, 0.3) is 10.2 Å². The maximum atomic E-state index is 13.1. The van der Waals surface area contributed by atoms with Crippen LogP contribution in [-0.4, -0.2) is 11.3 Å². The van der Waals surface area contributed by atoms with E-state index in [4.69, 9.17) is 0 Å². The molecule has 0 unspecified atom stereocenters. The molecular formula is C9H6FNOS. The molecule has 0 amide bonds. The van der Waals surface area contributed by atoms with Crippen molar-refractivity contribution >= 4 is 27.8 Å². The van der Waals surface area contributed by atoms with Gasteiger partial charge in [-0.25, -0.2) is 9.37 Å². The minimum absolute atomic E-state index is 0.0674. The highest BCUT2D eigenvalue weighted by atomic mass is 32.1. The highest BCUT2D eigenvalue weighted by Gasteiger charge is 2.06. The van der Waals surface area contributed by atoms with Gasteiger partial charge in [-0.3, -0.25) is 4.79 Å². The molecule has 13 heavy (non-hydrogen) atoms. The topological polar surface area (TPSA) is 30.0 Å². The molecule has 0 atom stereocenters. The van der Waals surface area contributed by atoms with Crippen molar-refractivity contribution in [2.45, 2.75) is 6.92 Å². The first-order valence-electron chi connectivity index (χ1n) is 3.72. The van der Waals surface area contributed by atoms with Gasteiger partial charge in [-0.15, -0.1) is 11.3 Å². The van der Waals surface area contributed by atoms with Crippen molar-refractivity contribution in [1.82, 2.24) is 4.98 Å². The van der Waals surface area contributed by atoms with Gasteiger partial charge in [0.05, 0.1) is 20.8 Å². The van der Waals surface area contributed by atoms with Crippen LogP contribution in [0.1, 0.15) is 15.4 Å². The fourth-order valence-electron chi connectivity index (χ4n) is 1.17. The van der Waals surface area contributed by atoms with Crippen molar-refractivity contribution in [3.8, 4) is 0 Å². The summed E-state index contributed by atoms with van der Waals surface area (Å²) in [4.78, 5) is 14.6. The van der Waals surface area contributed by atoms with Gasteiger partial charge < -0.3 is 0 Å². The van der Waals surface area contributed by atoms with Gasteiger partial charge in [-0.05, 0) is 19.1 Å². The van der Waals surface area contributed by atoms with Crippen LogP contribution in [0.3, 0.4) is 0 Å². The molecule has 0 aliphatic rings. The van der Waals surface area contributed by atoms with Crippen LogP contribution in [0.2, 0.25) is 0 Å². The molecule has 2 rings (SSSR count). The molecule has 1 heterocycles. The van der Waals surface area contributed by atoms with Gasteiger partial charge in [-0.1, -0.05) is 0 Å². The summed E-state index contributed by atoms with van der Waals surface area (Å²) in [5, 5.41) is 0.873. The first-order chi connectivity index (χ1) is 6.20. The lowest BCUT2D eigenvalue weighted by Gasteiger charge is -1.92. The summed E-state index contributed by atoms with van der Waals surface area (Å²) in [6.07, 6.45) is 0.503. The summed E-state index contributed by atoms with van der Waals surface area (Å²) in [6, 6.07) is 2.82. The minimum atomic E-state index is -0.480. The van der Waals surface area contributed by atoms with E-state index in [0.717, 1.165) is 9.71 Å². The van der Waals surface area contributed by atoms with E-state index in [9.17, 15) is 9.18 Å². The number of carbonyl (C=O) groups excluding carboxylic acids is 1. The molecule has 1 aromatic carbocycles. The number of halogens is 1. The summed E-state index contributed by atoms with van der Waals surface area (Å²) in [7, 11) is 0. The Bertz CT molecular complexity index is 478. The van der Waals surface area contributed by atoms with E-state index in [2.05, 4.69) is 4.98 Å². The van der Waals surface area contributed by atoms with Crippen molar-refractivity contribution < 1.29 is 9.18 Å². The molecule has 0 aliphatic heterocycles. The molecule has 2 nitrogen and oxygen atoms in total. The zero-order valence-corrected chi connectivity index (χ0v) is 7.69. The van der Waals surface area contributed by atoms with Crippen LogP contribution >= 0.6 is 11.3 Å². The number of benzene rings is 1. The number of aldehydes is 1. The zero-order valence-electron chi connectivity index (χ0n) is 6.87. The number of carbonyl (C=O) groups is 1. The summed E-state index contributed by atoms with van der Waals surface area (Å²) in [5.41, 5.74) is 0.754. The maximum absolute atomic E-state index is 13.1. The maximum Gasteiger partial charge on any atom is 0.153 e. The van der Waals surface area contributed by atoms with Crippen molar-refractivity contribution in [2.24, 2.45) is 0 Å². The van der Waals surface area contributed by atoms with Crippen LogP contribution in [0.4, 0.5) is 4.39 Å². The Labute approximate surface area is 78.0 Å². The Hall–Kier alpha value is -1.29. The van der Waals surface area contributed by atoms with Crippen molar-refractivity contribution in [1.29, 1.82) is 0 Å². The third-order valence-corrected chi connectivity index (χ3v) is 2.67. The average Bonchev–Trinajstić information content (AvgIpc) is 2.42. The molecule has 0 spiro atoms. The third kappa shape index (κ3) is 1.33. The lowest BCUT2D eigenvalue weighted by atomic mass is 10.2. The second kappa shape index (κ2) is 2.88. The quantitative estimate of drug-likeness (QED) is 0.654. The number of hydrogen-bond acceptors (Lipinski definition) is 3. The summed E-state index contributed by atoms with van der Waals surface area (Å²) < 4.78 is 13.9. The van der Waals surface area contributed by atoms with Crippen LogP contribution in [0, 0.1) is 12.7 Å². The number of aromatic nitrogens is 1. The second-order valence-electron chi connectivity index (χ2n) is 2.69. The van der Waals surface area contributed by atoms with E-state index in [0.29, 0.717) is 11.8 Å². The molecule has 0 aliphatic carbocycles. The van der Waals surface area contributed by atoms with Crippen LogP contribution in [0.15, 0.2) is 12.1 Å². The Morgan fingerprint density at radius 3 is 3.00 bits per heavy atom. The summed E-state index contributed by atoms with van der Waals surface area (Å²) >= 11 is 1.42. The number of nitrogens with zero attached hydrogens (tertiary/aromatic N) is 1. The Morgan fingerprint density at radius 2 is 2.31 bits per heavy atom. The van der Waals surface area contributed by atoms with Crippen molar-refractivity contribution in [2.75, 3.05) is 0 Å². The molecule has 0 saturated heterocycles. The SMILES string of the molecule is Cc1nc2cc(C=O)c(F)cc2s1. The number of thiazole rings is 1. The lowest BCUT2D eigenvalue weighted by Crippen LogP contribution is -1.86. The van der Waals surface area contributed by atoms with E-state index in [1.807, 2.05) is 6.92 Å². The number of rotatable bonds is 1. The predicted octanol–water partition coefficient (Wildman–Crippen LogP) is 2.56. The lowest BCUT2D eigenvalue weighted by molar-refractivity contribution is 0.112. The average molecular weight is 195 g/mol. The summed E-state index contributed by atoms with van der Waals surface area (Å²) in [6.45, 7) is 1.85. The molecule has 0 bridgehead atoms. The minimum Gasteiger partial charge on any atom is -0.298 e. The first-order valence-corrected chi connectivity index (χ1v) is 4.54. The highest BCUT2D eigenvalue weighted by molar-refractivity contribution is 7.18. The molecule has 0 N–H and O–H groups in total. The van der Waals surface area contributed by atoms with Crippen LogP contribution in [0.5, 0.6) is 0 Å². The predicted molar refractivity (Wildman–Crippen MR) is 49.7 cm³/mol. The first kappa shape index (κ1) is 8.31. The monoisotopic (exact) mass is 195 g/mol.